The predicted molar refractivity (Wildman–Crippen MR) is 64.0 cm³/mol. The smallest absolute Gasteiger partial charge is 0.306 e. The molecule has 0 spiro atoms. The normalized spacial score (nSPS) is 14.4. The highest BCUT2D eigenvalue weighted by Crippen LogP contribution is 2.23. The van der Waals surface area contributed by atoms with Crippen molar-refractivity contribution in [2.75, 3.05) is 0 Å². The van der Waals surface area contributed by atoms with Crippen molar-refractivity contribution in [3.05, 3.63) is 21.9 Å². The van der Waals surface area contributed by atoms with Gasteiger partial charge in [-0.25, -0.2) is 0 Å². The van der Waals surface area contributed by atoms with E-state index in [4.69, 9.17) is 5.11 Å². The molecule has 0 aliphatic rings. The van der Waals surface area contributed by atoms with Crippen molar-refractivity contribution in [3.63, 3.8) is 0 Å². The van der Waals surface area contributed by atoms with E-state index in [9.17, 15) is 9.59 Å². The molecule has 0 aromatic carbocycles. The number of carbonyl (C=O) groups excluding carboxylic acids is 1. The molecule has 3 nitrogen and oxygen atoms in total. The minimum atomic E-state index is -0.923. The van der Waals surface area contributed by atoms with Crippen molar-refractivity contribution in [2.45, 2.75) is 27.2 Å². The predicted octanol–water partition coefficient (Wildman–Crippen LogP) is 2.85. The van der Waals surface area contributed by atoms with Crippen LogP contribution in [0, 0.1) is 11.8 Å². The number of hydrogen-bond donors (Lipinski definition) is 1. The van der Waals surface area contributed by atoms with E-state index in [1.54, 1.807) is 19.9 Å². The van der Waals surface area contributed by atoms with Crippen molar-refractivity contribution in [1.82, 2.24) is 0 Å². The molecule has 1 aromatic heterocycles. The number of carboxylic acid groups (broad SMARTS) is 1. The second-order valence-corrected chi connectivity index (χ2v) is 5.07. The zero-order chi connectivity index (χ0) is 12.3. The highest BCUT2D eigenvalue weighted by Gasteiger charge is 2.27. The average molecular weight is 240 g/mol. The fraction of sp³-hybridized carbons (Fsp3) is 0.500. The Kier molecular flexibility index (Phi) is 4.24. The van der Waals surface area contributed by atoms with Crippen molar-refractivity contribution in [3.8, 4) is 0 Å². The van der Waals surface area contributed by atoms with E-state index in [-0.39, 0.29) is 5.78 Å². The van der Waals surface area contributed by atoms with Gasteiger partial charge in [-0.1, -0.05) is 20.8 Å². The van der Waals surface area contributed by atoms with Gasteiger partial charge in [-0.3, -0.25) is 9.59 Å². The summed E-state index contributed by atoms with van der Waals surface area (Å²) >= 11 is 1.46. The summed E-state index contributed by atoms with van der Waals surface area (Å²) in [4.78, 5) is 24.6. The molecule has 2 atom stereocenters. The number of aryl methyl sites for hydroxylation is 1. The molecule has 2 unspecified atom stereocenters. The van der Waals surface area contributed by atoms with Gasteiger partial charge in [-0.15, -0.1) is 11.3 Å². The van der Waals surface area contributed by atoms with E-state index >= 15 is 0 Å². The molecule has 1 aromatic rings. The number of Topliss-reactive ketones (excluding diaryl/α,β-unsaturated/α-hetero) is 1. The van der Waals surface area contributed by atoms with E-state index in [0.717, 1.165) is 11.3 Å². The van der Waals surface area contributed by atoms with Crippen LogP contribution in [-0.4, -0.2) is 16.9 Å². The molecule has 88 valence electrons. The van der Waals surface area contributed by atoms with Crippen LogP contribution in [0.25, 0.3) is 0 Å². The number of ketones is 1. The summed E-state index contributed by atoms with van der Waals surface area (Å²) in [5.74, 6) is -2.10. The number of carbonyl (C=O) groups is 2. The standard InChI is InChI=1S/C12H16O3S/c1-4-9-5-6-10(16-9)11(13)7(2)8(3)12(14)15/h5-8H,4H2,1-3H3,(H,14,15). The molecule has 0 saturated heterocycles. The minimum Gasteiger partial charge on any atom is -0.481 e. The summed E-state index contributed by atoms with van der Waals surface area (Å²) in [6, 6.07) is 3.72. The summed E-state index contributed by atoms with van der Waals surface area (Å²) in [5.41, 5.74) is 0. The van der Waals surface area contributed by atoms with Crippen LogP contribution in [0.1, 0.15) is 35.3 Å². The van der Waals surface area contributed by atoms with Crippen LogP contribution in [-0.2, 0) is 11.2 Å². The largest absolute Gasteiger partial charge is 0.481 e. The van der Waals surface area contributed by atoms with Gasteiger partial charge in [0.05, 0.1) is 10.8 Å². The van der Waals surface area contributed by atoms with Gasteiger partial charge in [-0.05, 0) is 18.6 Å². The maximum atomic E-state index is 12.0. The molecule has 1 N–H and O–H groups in total. The second kappa shape index (κ2) is 5.25. The van der Waals surface area contributed by atoms with Crippen LogP contribution in [0.5, 0.6) is 0 Å². The van der Waals surface area contributed by atoms with Crippen molar-refractivity contribution >= 4 is 23.1 Å². The molecule has 16 heavy (non-hydrogen) atoms. The summed E-state index contributed by atoms with van der Waals surface area (Å²) in [7, 11) is 0. The first-order valence-electron chi connectivity index (χ1n) is 5.33. The lowest BCUT2D eigenvalue weighted by Gasteiger charge is -2.13. The van der Waals surface area contributed by atoms with Gasteiger partial charge in [0, 0.05) is 10.8 Å². The Morgan fingerprint density at radius 2 is 1.94 bits per heavy atom. The lowest BCUT2D eigenvalue weighted by molar-refractivity contribution is -0.142. The fourth-order valence-corrected chi connectivity index (χ4v) is 2.35. The van der Waals surface area contributed by atoms with E-state index in [1.165, 1.54) is 11.3 Å². The molecule has 0 radical (unpaired) electrons. The van der Waals surface area contributed by atoms with Gasteiger partial charge in [0.15, 0.2) is 5.78 Å². The Bertz CT molecular complexity index is 395. The zero-order valence-electron chi connectivity index (χ0n) is 9.69. The molecular formula is C12H16O3S. The molecule has 1 rings (SSSR count). The van der Waals surface area contributed by atoms with E-state index in [0.29, 0.717) is 4.88 Å². The first kappa shape index (κ1) is 12.9. The quantitative estimate of drug-likeness (QED) is 0.805. The summed E-state index contributed by atoms with van der Waals surface area (Å²) in [6.07, 6.45) is 0.904. The monoisotopic (exact) mass is 240 g/mol. The van der Waals surface area contributed by atoms with Crippen molar-refractivity contribution < 1.29 is 14.7 Å². The third kappa shape index (κ3) is 2.70. The highest BCUT2D eigenvalue weighted by molar-refractivity contribution is 7.14. The first-order valence-corrected chi connectivity index (χ1v) is 6.14. The number of hydrogen-bond acceptors (Lipinski definition) is 3. The Hall–Kier alpha value is -1.16. The van der Waals surface area contributed by atoms with Crippen LogP contribution >= 0.6 is 11.3 Å². The van der Waals surface area contributed by atoms with Gasteiger partial charge < -0.3 is 5.11 Å². The number of thiophene rings is 1. The zero-order valence-corrected chi connectivity index (χ0v) is 10.5. The highest BCUT2D eigenvalue weighted by atomic mass is 32.1. The third-order valence-corrected chi connectivity index (χ3v) is 4.05. The van der Waals surface area contributed by atoms with Gasteiger partial charge in [-0.2, -0.15) is 0 Å². The fourth-order valence-electron chi connectivity index (χ4n) is 1.37. The number of carboxylic acids is 1. The second-order valence-electron chi connectivity index (χ2n) is 3.90. The maximum Gasteiger partial charge on any atom is 0.306 e. The Morgan fingerprint density at radius 3 is 2.38 bits per heavy atom. The molecule has 0 amide bonds. The molecule has 0 bridgehead atoms. The molecule has 1 heterocycles. The van der Waals surface area contributed by atoms with Gasteiger partial charge in [0.1, 0.15) is 0 Å². The molecule has 0 aliphatic carbocycles. The van der Waals surface area contributed by atoms with E-state index in [1.807, 2.05) is 13.0 Å². The molecule has 0 aliphatic heterocycles. The topological polar surface area (TPSA) is 54.4 Å². The number of aliphatic carboxylic acids is 1. The Morgan fingerprint density at radius 1 is 1.31 bits per heavy atom. The van der Waals surface area contributed by atoms with Crippen LogP contribution in [0.2, 0.25) is 0 Å². The first-order chi connectivity index (χ1) is 7.47. The third-order valence-electron chi connectivity index (χ3n) is 2.81. The maximum absolute atomic E-state index is 12.0. The van der Waals surface area contributed by atoms with Crippen LogP contribution in [0.4, 0.5) is 0 Å². The van der Waals surface area contributed by atoms with Crippen LogP contribution < -0.4 is 0 Å². The van der Waals surface area contributed by atoms with Gasteiger partial charge in [0.2, 0.25) is 0 Å². The Balaban J connectivity index is 2.81. The summed E-state index contributed by atoms with van der Waals surface area (Å²) in [6.45, 7) is 5.27. The molecule has 4 heteroatoms. The van der Waals surface area contributed by atoms with Crippen molar-refractivity contribution in [1.29, 1.82) is 0 Å². The SMILES string of the molecule is CCc1ccc(C(=O)C(C)C(C)C(=O)O)s1. The minimum absolute atomic E-state index is 0.0698. The average Bonchev–Trinajstić information content (AvgIpc) is 2.74. The van der Waals surface area contributed by atoms with Gasteiger partial charge in [0.25, 0.3) is 0 Å². The lowest BCUT2D eigenvalue weighted by atomic mass is 9.91. The molecule has 0 saturated carbocycles. The summed E-state index contributed by atoms with van der Waals surface area (Å²) in [5, 5.41) is 8.85. The summed E-state index contributed by atoms with van der Waals surface area (Å²) < 4.78 is 0. The van der Waals surface area contributed by atoms with E-state index in [2.05, 4.69) is 0 Å². The van der Waals surface area contributed by atoms with Crippen LogP contribution in [0.3, 0.4) is 0 Å². The van der Waals surface area contributed by atoms with Crippen LogP contribution in [0.15, 0.2) is 12.1 Å². The molecule has 0 fully saturated rings. The molecular weight excluding hydrogens is 224 g/mol. The lowest BCUT2D eigenvalue weighted by Crippen LogP contribution is -2.24. The van der Waals surface area contributed by atoms with E-state index < -0.39 is 17.8 Å². The number of rotatable bonds is 5. The van der Waals surface area contributed by atoms with Gasteiger partial charge >= 0.3 is 5.97 Å². The van der Waals surface area contributed by atoms with Crippen molar-refractivity contribution in [2.24, 2.45) is 11.8 Å². The Labute approximate surface area is 99.1 Å².